The molecule has 2 aromatic rings. The van der Waals surface area contributed by atoms with Gasteiger partial charge in [0.15, 0.2) is 5.78 Å². The zero-order chi connectivity index (χ0) is 15.6. The molecule has 2 nitrogen and oxygen atoms in total. The van der Waals surface area contributed by atoms with Gasteiger partial charge in [-0.1, -0.05) is 29.8 Å². The summed E-state index contributed by atoms with van der Waals surface area (Å²) in [6, 6.07) is 9.74. The van der Waals surface area contributed by atoms with Gasteiger partial charge in [-0.2, -0.15) is 0 Å². The third kappa shape index (κ3) is 3.98. The van der Waals surface area contributed by atoms with E-state index in [-0.39, 0.29) is 16.1 Å². The molecular weight excluding hydrogens is 305 g/mol. The number of carbonyl (C=O) groups is 1. The number of ketones is 1. The third-order valence-electron chi connectivity index (χ3n) is 2.70. The van der Waals surface area contributed by atoms with Crippen LogP contribution in [0.15, 0.2) is 42.5 Å². The molecule has 0 N–H and O–H groups in total. The van der Waals surface area contributed by atoms with E-state index in [0.29, 0.717) is 0 Å². The first-order chi connectivity index (χ1) is 9.76. The van der Waals surface area contributed by atoms with Gasteiger partial charge in [0.2, 0.25) is 0 Å². The number of benzene rings is 2. The Labute approximate surface area is 124 Å². The van der Waals surface area contributed by atoms with Crippen LogP contribution in [0.4, 0.5) is 13.2 Å². The lowest BCUT2D eigenvalue weighted by atomic mass is 10.0. The topological polar surface area (TPSA) is 26.3 Å². The Balaban J connectivity index is 2.33. The molecule has 6 heteroatoms. The van der Waals surface area contributed by atoms with Crippen LogP contribution in [0.3, 0.4) is 0 Å². The maximum absolute atomic E-state index is 12.3. The van der Waals surface area contributed by atoms with Gasteiger partial charge in [-0.15, -0.1) is 13.2 Å². The van der Waals surface area contributed by atoms with Crippen molar-refractivity contribution in [1.82, 2.24) is 0 Å². The van der Waals surface area contributed by atoms with E-state index in [1.54, 1.807) is 12.1 Å². The summed E-state index contributed by atoms with van der Waals surface area (Å²) in [5.41, 5.74) is 1.18. The number of aryl methyl sites for hydroxylation is 1. The number of ether oxygens (including phenoxy) is 1. The molecule has 21 heavy (non-hydrogen) atoms. The smallest absolute Gasteiger partial charge is 0.406 e. The summed E-state index contributed by atoms with van der Waals surface area (Å²) in [4.78, 5) is 12.3. The summed E-state index contributed by atoms with van der Waals surface area (Å²) in [5.74, 6) is -0.913. The quantitative estimate of drug-likeness (QED) is 0.762. The van der Waals surface area contributed by atoms with Gasteiger partial charge in [0, 0.05) is 11.1 Å². The molecule has 0 saturated carbocycles. The van der Waals surface area contributed by atoms with Crippen LogP contribution in [0.2, 0.25) is 5.02 Å². The van der Waals surface area contributed by atoms with Gasteiger partial charge in [-0.05, 0) is 36.8 Å². The Morgan fingerprint density at radius 3 is 2.48 bits per heavy atom. The summed E-state index contributed by atoms with van der Waals surface area (Å²) in [5, 5.41) is 0.252. The molecule has 0 aromatic heterocycles. The molecule has 0 atom stereocenters. The number of hydrogen-bond donors (Lipinski definition) is 0. The lowest BCUT2D eigenvalue weighted by molar-refractivity contribution is -0.274. The van der Waals surface area contributed by atoms with Crippen LogP contribution in [0.1, 0.15) is 21.5 Å². The molecule has 0 radical (unpaired) electrons. The number of rotatable bonds is 3. The monoisotopic (exact) mass is 314 g/mol. The Morgan fingerprint density at radius 2 is 1.86 bits per heavy atom. The molecule has 0 saturated heterocycles. The minimum Gasteiger partial charge on any atom is -0.406 e. The first-order valence-corrected chi connectivity index (χ1v) is 6.31. The van der Waals surface area contributed by atoms with Crippen LogP contribution in [-0.4, -0.2) is 12.1 Å². The van der Waals surface area contributed by atoms with Gasteiger partial charge in [-0.25, -0.2) is 0 Å². The summed E-state index contributed by atoms with van der Waals surface area (Å²) in [7, 11) is 0. The van der Waals surface area contributed by atoms with E-state index < -0.39 is 17.9 Å². The SMILES string of the molecule is Cc1ccc(C(=O)c2cccc(OC(F)(F)F)c2)c(Cl)c1. The van der Waals surface area contributed by atoms with Crippen LogP contribution < -0.4 is 4.74 Å². The highest BCUT2D eigenvalue weighted by Crippen LogP contribution is 2.26. The number of carbonyl (C=O) groups excluding carboxylic acids is 1. The van der Waals surface area contributed by atoms with Crippen LogP contribution >= 0.6 is 11.6 Å². The first-order valence-electron chi connectivity index (χ1n) is 5.93. The molecule has 0 bridgehead atoms. The summed E-state index contributed by atoms with van der Waals surface area (Å²) in [6.45, 7) is 1.82. The molecule has 2 rings (SSSR count). The minimum atomic E-state index is -4.80. The minimum absolute atomic E-state index is 0.0718. The average molecular weight is 315 g/mol. The Hall–Kier alpha value is -2.01. The van der Waals surface area contributed by atoms with Crippen molar-refractivity contribution in [2.24, 2.45) is 0 Å². The fourth-order valence-corrected chi connectivity index (χ4v) is 2.12. The maximum Gasteiger partial charge on any atom is 0.573 e. The van der Waals surface area contributed by atoms with E-state index in [2.05, 4.69) is 4.74 Å². The van der Waals surface area contributed by atoms with E-state index in [1.165, 1.54) is 18.2 Å². The molecule has 110 valence electrons. The zero-order valence-corrected chi connectivity index (χ0v) is 11.6. The van der Waals surface area contributed by atoms with E-state index in [4.69, 9.17) is 11.6 Å². The number of hydrogen-bond acceptors (Lipinski definition) is 2. The summed E-state index contributed by atoms with van der Waals surface area (Å²) < 4.78 is 40.3. The normalized spacial score (nSPS) is 11.3. The lowest BCUT2D eigenvalue weighted by Crippen LogP contribution is -2.17. The predicted molar refractivity (Wildman–Crippen MR) is 72.7 cm³/mol. The van der Waals surface area contributed by atoms with E-state index >= 15 is 0 Å². The molecule has 0 aliphatic carbocycles. The van der Waals surface area contributed by atoms with Crippen molar-refractivity contribution in [1.29, 1.82) is 0 Å². The molecule has 0 fully saturated rings. The van der Waals surface area contributed by atoms with Gasteiger partial charge >= 0.3 is 6.36 Å². The molecule has 0 aliphatic rings. The standard InChI is InChI=1S/C15H10ClF3O2/c1-9-5-6-12(13(16)7-9)14(20)10-3-2-4-11(8-10)21-15(17,18)19/h2-8H,1H3. The van der Waals surface area contributed by atoms with Gasteiger partial charge in [0.25, 0.3) is 0 Å². The van der Waals surface area contributed by atoms with Gasteiger partial charge in [-0.3, -0.25) is 4.79 Å². The van der Waals surface area contributed by atoms with Crippen molar-refractivity contribution in [2.75, 3.05) is 0 Å². The molecule has 0 unspecified atom stereocenters. The highest BCUT2D eigenvalue weighted by atomic mass is 35.5. The van der Waals surface area contributed by atoms with Crippen molar-refractivity contribution in [3.8, 4) is 5.75 Å². The predicted octanol–water partition coefficient (Wildman–Crippen LogP) is 4.78. The summed E-state index contributed by atoms with van der Waals surface area (Å²) in [6.07, 6.45) is -4.80. The second-order valence-corrected chi connectivity index (χ2v) is 4.80. The van der Waals surface area contributed by atoms with Crippen molar-refractivity contribution < 1.29 is 22.7 Å². The fourth-order valence-electron chi connectivity index (χ4n) is 1.79. The van der Waals surface area contributed by atoms with E-state index in [0.717, 1.165) is 17.7 Å². The van der Waals surface area contributed by atoms with Crippen molar-refractivity contribution >= 4 is 17.4 Å². The zero-order valence-electron chi connectivity index (χ0n) is 10.9. The molecule has 0 heterocycles. The fraction of sp³-hybridized carbons (Fsp3) is 0.133. The largest absolute Gasteiger partial charge is 0.573 e. The molecule has 2 aromatic carbocycles. The van der Waals surface area contributed by atoms with Crippen molar-refractivity contribution in [3.05, 3.63) is 64.2 Å². The van der Waals surface area contributed by atoms with Gasteiger partial charge in [0.1, 0.15) is 5.75 Å². The van der Waals surface area contributed by atoms with E-state index in [9.17, 15) is 18.0 Å². The Morgan fingerprint density at radius 1 is 1.14 bits per heavy atom. The second kappa shape index (κ2) is 5.77. The van der Waals surface area contributed by atoms with E-state index in [1.807, 2.05) is 6.92 Å². The Bertz CT molecular complexity index is 681. The van der Waals surface area contributed by atoms with Gasteiger partial charge < -0.3 is 4.74 Å². The van der Waals surface area contributed by atoms with Crippen molar-refractivity contribution in [2.45, 2.75) is 13.3 Å². The molecule has 0 amide bonds. The summed E-state index contributed by atoms with van der Waals surface area (Å²) >= 11 is 5.99. The number of alkyl halides is 3. The van der Waals surface area contributed by atoms with Crippen LogP contribution in [0, 0.1) is 6.92 Å². The first kappa shape index (κ1) is 15.4. The second-order valence-electron chi connectivity index (χ2n) is 4.39. The Kier molecular flexibility index (Phi) is 4.23. The highest BCUT2D eigenvalue weighted by molar-refractivity contribution is 6.35. The number of halogens is 4. The lowest BCUT2D eigenvalue weighted by Gasteiger charge is -2.10. The van der Waals surface area contributed by atoms with Crippen LogP contribution in [0.25, 0.3) is 0 Å². The molecule has 0 spiro atoms. The van der Waals surface area contributed by atoms with Crippen LogP contribution in [-0.2, 0) is 0 Å². The van der Waals surface area contributed by atoms with Crippen LogP contribution in [0.5, 0.6) is 5.75 Å². The molecule has 0 aliphatic heterocycles. The average Bonchev–Trinajstić information content (AvgIpc) is 2.36. The maximum atomic E-state index is 12.3. The highest BCUT2D eigenvalue weighted by Gasteiger charge is 2.31. The molecular formula is C15H10ClF3O2. The van der Waals surface area contributed by atoms with Gasteiger partial charge in [0.05, 0.1) is 5.02 Å². The van der Waals surface area contributed by atoms with Crippen molar-refractivity contribution in [3.63, 3.8) is 0 Å². The third-order valence-corrected chi connectivity index (χ3v) is 3.01.